The Labute approximate surface area is 206 Å². The molecule has 1 aliphatic heterocycles. The molecule has 0 saturated carbocycles. The van der Waals surface area contributed by atoms with E-state index in [0.717, 1.165) is 35.5 Å². The molecule has 3 aromatic carbocycles. The summed E-state index contributed by atoms with van der Waals surface area (Å²) in [5, 5.41) is 13.0. The summed E-state index contributed by atoms with van der Waals surface area (Å²) in [6.07, 6.45) is 2.16. The molecule has 1 unspecified atom stereocenters. The van der Waals surface area contributed by atoms with Gasteiger partial charge < -0.3 is 14.8 Å². The van der Waals surface area contributed by atoms with Crippen molar-refractivity contribution in [2.75, 3.05) is 6.54 Å². The number of quaternary nitrogens is 1. The smallest absolute Gasteiger partial charge is 0.106 e. The first-order valence-electron chi connectivity index (χ1n) is 12.1. The maximum Gasteiger partial charge on any atom is 0.106 e. The quantitative estimate of drug-likeness (QED) is 0.498. The Morgan fingerprint density at radius 1 is 0.943 bits per heavy atom. The lowest BCUT2D eigenvalue weighted by Gasteiger charge is -2.30. The number of aromatic nitrogens is 1. The molecule has 5 rings (SSSR count). The predicted octanol–water partition coefficient (Wildman–Crippen LogP) is 4.04. The molecule has 1 N–H and O–H groups in total. The van der Waals surface area contributed by atoms with Gasteiger partial charge >= 0.3 is 0 Å². The number of benzene rings is 3. The molecule has 0 spiro atoms. The van der Waals surface area contributed by atoms with Crippen molar-refractivity contribution in [3.05, 3.63) is 112 Å². The third-order valence-corrected chi connectivity index (χ3v) is 6.78. The molecule has 0 saturated heterocycles. The zero-order valence-electron chi connectivity index (χ0n) is 20.5. The number of carboxylic acids is 1. The van der Waals surface area contributed by atoms with E-state index in [2.05, 4.69) is 63.2 Å². The molecule has 1 atom stereocenters. The fraction of sp³-hybridized carbons (Fsp3) is 0.226. The van der Waals surface area contributed by atoms with Crippen molar-refractivity contribution in [3.63, 3.8) is 0 Å². The van der Waals surface area contributed by atoms with Crippen LogP contribution in [0.5, 0.6) is 0 Å². The molecule has 0 radical (unpaired) electrons. The Hall–Kier alpha value is -3.76. The first kappa shape index (κ1) is 23.0. The normalized spacial score (nSPS) is 16.9. The van der Waals surface area contributed by atoms with E-state index in [1.54, 1.807) is 0 Å². The third kappa shape index (κ3) is 4.75. The molecule has 0 aliphatic carbocycles. The number of hydrogen-bond donors (Lipinski definition) is 1. The van der Waals surface area contributed by atoms with Gasteiger partial charge in [0.25, 0.3) is 0 Å². The Morgan fingerprint density at radius 3 is 2.31 bits per heavy atom. The Bertz CT molecular complexity index is 1410. The molecule has 1 aliphatic rings. The third-order valence-electron chi connectivity index (χ3n) is 6.78. The molecule has 1 aromatic heterocycles. The monoisotopic (exact) mass is 462 g/mol. The first-order chi connectivity index (χ1) is 16.8. The van der Waals surface area contributed by atoms with Crippen LogP contribution in [0.4, 0.5) is 0 Å². The minimum atomic E-state index is -1.14. The molecular weight excluding hydrogens is 432 g/mol. The highest BCUT2D eigenvalue weighted by Crippen LogP contribution is 2.30. The van der Waals surface area contributed by atoms with E-state index >= 15 is 0 Å². The summed E-state index contributed by atoms with van der Waals surface area (Å²) in [6, 6.07) is 26.4. The van der Waals surface area contributed by atoms with Crippen molar-refractivity contribution < 1.29 is 14.8 Å². The van der Waals surface area contributed by atoms with E-state index in [0.29, 0.717) is 17.4 Å². The SMILES string of the molecule is CC(C)(C)c1ccc(/C=C2\C[NH+](Cc3ccccc3)Cc3c2nc2ccccc2c3C(=O)[O-])cc1. The number of nitrogens with zero attached hydrogens (tertiary/aromatic N) is 1. The van der Waals surface area contributed by atoms with E-state index in [1.165, 1.54) is 16.0 Å². The highest BCUT2D eigenvalue weighted by molar-refractivity contribution is 6.05. The van der Waals surface area contributed by atoms with Crippen LogP contribution in [0, 0.1) is 0 Å². The molecular formula is C31H30N2O2. The minimum absolute atomic E-state index is 0.0869. The van der Waals surface area contributed by atoms with Gasteiger partial charge in [-0.3, -0.25) is 0 Å². The van der Waals surface area contributed by atoms with Gasteiger partial charge in [0, 0.05) is 27.6 Å². The molecule has 4 aromatic rings. The summed E-state index contributed by atoms with van der Waals surface area (Å²) in [5.41, 5.74) is 7.23. The van der Waals surface area contributed by atoms with E-state index in [4.69, 9.17) is 4.98 Å². The number of aromatic carboxylic acids is 1. The molecule has 4 nitrogen and oxygen atoms in total. The number of hydrogen-bond acceptors (Lipinski definition) is 3. The molecule has 2 heterocycles. The standard InChI is InChI=1S/C31H30N2O2/c1-31(2,3)24-15-13-21(14-16-24)17-23-19-33(18-22-9-5-4-6-10-22)20-26-28(30(34)35)25-11-7-8-12-27(25)32-29(23)26/h4-17H,18-20H2,1-3H3,(H,34,35)/b23-17+. The van der Waals surface area contributed by atoms with Crippen molar-refractivity contribution in [2.45, 2.75) is 39.3 Å². The van der Waals surface area contributed by atoms with Gasteiger partial charge in [0.05, 0.1) is 17.2 Å². The van der Waals surface area contributed by atoms with Gasteiger partial charge in [-0.25, -0.2) is 4.98 Å². The lowest BCUT2D eigenvalue weighted by atomic mass is 9.86. The van der Waals surface area contributed by atoms with Crippen LogP contribution in [0.2, 0.25) is 0 Å². The molecule has 0 amide bonds. The maximum absolute atomic E-state index is 12.4. The van der Waals surface area contributed by atoms with Crippen LogP contribution in [0.25, 0.3) is 22.6 Å². The number of nitrogens with one attached hydrogen (secondary N) is 1. The van der Waals surface area contributed by atoms with Crippen LogP contribution in [-0.4, -0.2) is 17.5 Å². The number of carbonyl (C=O) groups excluding carboxylic acids is 1. The fourth-order valence-electron chi connectivity index (χ4n) is 5.00. The van der Waals surface area contributed by atoms with Crippen LogP contribution in [0.1, 0.15) is 59.1 Å². The highest BCUT2D eigenvalue weighted by atomic mass is 16.4. The second kappa shape index (κ2) is 9.12. The molecule has 4 heteroatoms. The van der Waals surface area contributed by atoms with Crippen molar-refractivity contribution in [3.8, 4) is 0 Å². The summed E-state index contributed by atoms with van der Waals surface area (Å²) in [4.78, 5) is 18.6. The van der Waals surface area contributed by atoms with Gasteiger partial charge in [0.2, 0.25) is 0 Å². The maximum atomic E-state index is 12.4. The van der Waals surface area contributed by atoms with Gasteiger partial charge in [0.1, 0.15) is 19.6 Å². The number of para-hydroxylation sites is 1. The zero-order chi connectivity index (χ0) is 24.6. The number of fused-ring (bicyclic) bond motifs is 2. The van der Waals surface area contributed by atoms with Crippen molar-refractivity contribution in [1.82, 2.24) is 4.98 Å². The van der Waals surface area contributed by atoms with E-state index in [-0.39, 0.29) is 11.0 Å². The first-order valence-corrected chi connectivity index (χ1v) is 12.1. The second-order valence-electron chi connectivity index (χ2n) is 10.4. The van der Waals surface area contributed by atoms with E-state index in [1.807, 2.05) is 42.5 Å². The van der Waals surface area contributed by atoms with Crippen LogP contribution >= 0.6 is 0 Å². The number of pyridine rings is 1. The summed E-state index contributed by atoms with van der Waals surface area (Å²) >= 11 is 0. The van der Waals surface area contributed by atoms with E-state index < -0.39 is 5.97 Å². The lowest BCUT2D eigenvalue weighted by molar-refractivity contribution is -0.921. The summed E-state index contributed by atoms with van der Waals surface area (Å²) in [6.45, 7) is 8.78. The Morgan fingerprint density at radius 2 is 1.63 bits per heavy atom. The van der Waals surface area contributed by atoms with Crippen LogP contribution < -0.4 is 10.0 Å². The summed E-state index contributed by atoms with van der Waals surface area (Å²) < 4.78 is 0. The number of carbonyl (C=O) groups is 1. The van der Waals surface area contributed by atoms with Gasteiger partial charge in [-0.2, -0.15) is 0 Å². The van der Waals surface area contributed by atoms with E-state index in [9.17, 15) is 9.90 Å². The van der Waals surface area contributed by atoms with Gasteiger partial charge in [-0.05, 0) is 28.7 Å². The number of rotatable bonds is 4. The Balaban J connectivity index is 1.64. The topological polar surface area (TPSA) is 57.5 Å². The second-order valence-corrected chi connectivity index (χ2v) is 10.4. The van der Waals surface area contributed by atoms with Crippen molar-refractivity contribution in [1.29, 1.82) is 0 Å². The average Bonchev–Trinajstić information content (AvgIpc) is 2.83. The lowest BCUT2D eigenvalue weighted by Crippen LogP contribution is -3.10. The van der Waals surface area contributed by atoms with Crippen molar-refractivity contribution in [2.24, 2.45) is 0 Å². The van der Waals surface area contributed by atoms with Crippen LogP contribution in [0.3, 0.4) is 0 Å². The zero-order valence-corrected chi connectivity index (χ0v) is 20.5. The fourth-order valence-corrected chi connectivity index (χ4v) is 5.00. The van der Waals surface area contributed by atoms with Gasteiger partial charge in [-0.1, -0.05) is 93.6 Å². The summed E-state index contributed by atoms with van der Waals surface area (Å²) in [7, 11) is 0. The molecule has 35 heavy (non-hydrogen) atoms. The Kier molecular flexibility index (Phi) is 6.00. The average molecular weight is 463 g/mol. The van der Waals surface area contributed by atoms with Crippen molar-refractivity contribution >= 4 is 28.5 Å². The minimum Gasteiger partial charge on any atom is -0.545 e. The van der Waals surface area contributed by atoms with Crippen LogP contribution in [0.15, 0.2) is 78.9 Å². The predicted molar refractivity (Wildman–Crippen MR) is 139 cm³/mol. The molecule has 0 bridgehead atoms. The number of carboxylic acid groups (broad SMARTS) is 1. The van der Waals surface area contributed by atoms with Gasteiger partial charge in [0.15, 0.2) is 0 Å². The molecule has 0 fully saturated rings. The highest BCUT2D eigenvalue weighted by Gasteiger charge is 2.29. The molecule has 176 valence electrons. The summed E-state index contributed by atoms with van der Waals surface area (Å²) in [5.74, 6) is -1.14. The van der Waals surface area contributed by atoms with Gasteiger partial charge in [-0.15, -0.1) is 0 Å². The largest absolute Gasteiger partial charge is 0.545 e. The van der Waals surface area contributed by atoms with Crippen LogP contribution in [-0.2, 0) is 18.5 Å².